The van der Waals surface area contributed by atoms with Crippen LogP contribution in [0.4, 0.5) is 0 Å². The van der Waals surface area contributed by atoms with Gasteiger partial charge in [-0.1, -0.05) is 32.4 Å². The summed E-state index contributed by atoms with van der Waals surface area (Å²) in [5.74, 6) is 0.568. The van der Waals surface area contributed by atoms with Gasteiger partial charge < -0.3 is 4.42 Å². The third-order valence-electron chi connectivity index (χ3n) is 2.27. The molecule has 0 N–H and O–H groups in total. The fraction of sp³-hybridized carbons (Fsp3) is 0.364. The van der Waals surface area contributed by atoms with E-state index >= 15 is 0 Å². The van der Waals surface area contributed by atoms with E-state index in [4.69, 9.17) is 26.7 Å². The van der Waals surface area contributed by atoms with Crippen LogP contribution in [0.5, 0.6) is 0 Å². The van der Waals surface area contributed by atoms with Crippen molar-refractivity contribution in [3.8, 4) is 0 Å². The average Bonchev–Trinajstić information content (AvgIpc) is 2.59. The highest BCUT2D eigenvalue weighted by Gasteiger charge is 2.24. The minimum absolute atomic E-state index is 0.226. The third-order valence-corrected chi connectivity index (χ3v) is 3.88. The summed E-state index contributed by atoms with van der Waals surface area (Å²) in [7, 11) is 3.89. The van der Waals surface area contributed by atoms with E-state index in [1.165, 1.54) is 0 Å². The first kappa shape index (κ1) is 12.9. The molecule has 0 spiro atoms. The second-order valence-electron chi connectivity index (χ2n) is 4.72. The first-order valence-corrected chi connectivity index (χ1v) is 7.33. The summed E-state index contributed by atoms with van der Waals surface area (Å²) >= 11 is 5.96. The maximum absolute atomic E-state index is 11.4. The Bertz CT molecular complexity index is 601. The second-order valence-corrected chi connectivity index (χ2v) is 6.82. The van der Waals surface area contributed by atoms with Gasteiger partial charge in [0.2, 0.25) is 5.89 Å². The largest absolute Gasteiger partial charge is 0.439 e. The number of fused-ring (bicyclic) bond motifs is 1. The summed E-state index contributed by atoms with van der Waals surface area (Å²) in [5, 5.41) is 0.322. The van der Waals surface area contributed by atoms with Gasteiger partial charge in [0, 0.05) is 5.41 Å². The molecule has 1 aromatic heterocycles. The van der Waals surface area contributed by atoms with E-state index < -0.39 is 10.0 Å². The normalized spacial score (nSPS) is 14.2. The fourth-order valence-electron chi connectivity index (χ4n) is 1.41. The lowest BCUT2D eigenvalue weighted by atomic mass is 9.97. The number of halogens is 2. The van der Waals surface area contributed by atoms with E-state index in [2.05, 4.69) is 4.98 Å². The van der Waals surface area contributed by atoms with Crippen molar-refractivity contribution in [3.63, 3.8) is 0 Å². The molecule has 0 bridgehead atoms. The smallest absolute Gasteiger partial charge is 0.200 e. The van der Waals surface area contributed by atoms with Crippen LogP contribution in [-0.4, -0.2) is 9.19 Å². The molecule has 1 unspecified atom stereocenters. The Morgan fingerprint density at radius 1 is 1.35 bits per heavy atom. The van der Waals surface area contributed by atoms with Crippen LogP contribution in [0.15, 0.2) is 21.4 Å². The van der Waals surface area contributed by atoms with Crippen LogP contribution < -0.4 is 0 Å². The zero-order valence-corrected chi connectivity index (χ0v) is 11.9. The standard InChI is InChI=1S/C11H11Cl2NO2S/c1-11(2,3)10-14-7-5-4-6(12)9(17(13)15)8(7)16-10/h4-5H,1-3H3. The first-order chi connectivity index (χ1) is 7.80. The van der Waals surface area contributed by atoms with Crippen molar-refractivity contribution in [2.75, 3.05) is 0 Å². The van der Waals surface area contributed by atoms with E-state index in [1.807, 2.05) is 20.8 Å². The predicted molar refractivity (Wildman–Crippen MR) is 70.0 cm³/mol. The topological polar surface area (TPSA) is 43.1 Å². The van der Waals surface area contributed by atoms with Crippen LogP contribution >= 0.6 is 22.3 Å². The van der Waals surface area contributed by atoms with Gasteiger partial charge in [-0.15, -0.1) is 0 Å². The lowest BCUT2D eigenvalue weighted by molar-refractivity contribution is 0.408. The molecule has 1 atom stereocenters. The summed E-state index contributed by atoms with van der Waals surface area (Å²) in [6.45, 7) is 5.95. The average molecular weight is 292 g/mol. The van der Waals surface area contributed by atoms with Crippen molar-refractivity contribution in [3.05, 3.63) is 23.0 Å². The number of oxazole rings is 1. The van der Waals surface area contributed by atoms with Crippen molar-refractivity contribution in [1.82, 2.24) is 4.98 Å². The van der Waals surface area contributed by atoms with Gasteiger partial charge in [0.25, 0.3) is 0 Å². The van der Waals surface area contributed by atoms with Crippen LogP contribution in [0.25, 0.3) is 11.1 Å². The quantitative estimate of drug-likeness (QED) is 0.745. The van der Waals surface area contributed by atoms with E-state index in [9.17, 15) is 4.21 Å². The van der Waals surface area contributed by atoms with E-state index in [-0.39, 0.29) is 10.3 Å². The molecule has 0 aliphatic rings. The molecular weight excluding hydrogens is 281 g/mol. The molecule has 1 aromatic carbocycles. The zero-order chi connectivity index (χ0) is 12.8. The van der Waals surface area contributed by atoms with Gasteiger partial charge in [-0.3, -0.25) is 0 Å². The van der Waals surface area contributed by atoms with Gasteiger partial charge in [-0.25, -0.2) is 9.19 Å². The molecule has 17 heavy (non-hydrogen) atoms. The van der Waals surface area contributed by atoms with Crippen LogP contribution in [0.1, 0.15) is 26.7 Å². The number of benzene rings is 1. The molecule has 3 nitrogen and oxygen atoms in total. The first-order valence-electron chi connectivity index (χ1n) is 4.98. The van der Waals surface area contributed by atoms with Crippen molar-refractivity contribution >= 4 is 43.4 Å². The van der Waals surface area contributed by atoms with Crippen molar-refractivity contribution in [2.45, 2.75) is 31.1 Å². The highest BCUT2D eigenvalue weighted by molar-refractivity contribution is 8.08. The molecule has 0 aliphatic carbocycles. The minimum Gasteiger partial charge on any atom is -0.439 e. The van der Waals surface area contributed by atoms with Crippen LogP contribution in [0.2, 0.25) is 5.02 Å². The van der Waals surface area contributed by atoms with Gasteiger partial charge in [-0.05, 0) is 22.8 Å². The molecule has 0 saturated heterocycles. The lowest BCUT2D eigenvalue weighted by Crippen LogP contribution is -2.10. The highest BCUT2D eigenvalue weighted by Crippen LogP contribution is 2.33. The van der Waals surface area contributed by atoms with Crippen LogP contribution in [0, 0.1) is 0 Å². The number of hydrogen-bond donors (Lipinski definition) is 0. The fourth-order valence-corrected chi connectivity index (χ4v) is 2.86. The maximum Gasteiger partial charge on any atom is 0.200 e. The predicted octanol–water partition coefficient (Wildman–Crippen LogP) is 4.04. The van der Waals surface area contributed by atoms with Crippen molar-refractivity contribution < 1.29 is 8.63 Å². The van der Waals surface area contributed by atoms with Gasteiger partial charge in [0.15, 0.2) is 15.6 Å². The number of hydrogen-bond acceptors (Lipinski definition) is 3. The Hall–Kier alpha value is -0.580. The second kappa shape index (κ2) is 4.26. The van der Waals surface area contributed by atoms with Crippen LogP contribution in [0.3, 0.4) is 0 Å². The Morgan fingerprint density at radius 3 is 2.53 bits per heavy atom. The Kier molecular flexibility index (Phi) is 3.23. The summed E-state index contributed by atoms with van der Waals surface area (Å²) < 4.78 is 17.1. The number of aromatic nitrogens is 1. The molecule has 0 radical (unpaired) electrons. The SMILES string of the molecule is CC(C)(C)c1nc2ccc(Cl)c(S(=O)Cl)c2o1. The van der Waals surface area contributed by atoms with Crippen LogP contribution in [-0.2, 0) is 15.4 Å². The molecule has 92 valence electrons. The molecular formula is C11H11Cl2NO2S. The van der Waals surface area contributed by atoms with Gasteiger partial charge in [-0.2, -0.15) is 0 Å². The van der Waals surface area contributed by atoms with Crippen molar-refractivity contribution in [1.29, 1.82) is 0 Å². The van der Waals surface area contributed by atoms with Gasteiger partial charge in [0.05, 0.1) is 5.02 Å². The Morgan fingerprint density at radius 2 is 2.00 bits per heavy atom. The zero-order valence-electron chi connectivity index (χ0n) is 9.58. The summed E-state index contributed by atoms with van der Waals surface area (Å²) in [6, 6.07) is 3.35. The monoisotopic (exact) mass is 291 g/mol. The number of nitrogens with zero attached hydrogens (tertiary/aromatic N) is 1. The van der Waals surface area contributed by atoms with E-state index in [0.717, 1.165) is 0 Å². The molecule has 0 aliphatic heterocycles. The third kappa shape index (κ3) is 2.34. The molecule has 0 saturated carbocycles. The van der Waals surface area contributed by atoms with Crippen molar-refractivity contribution in [2.24, 2.45) is 0 Å². The number of rotatable bonds is 1. The molecule has 0 fully saturated rings. The molecule has 2 aromatic rings. The van der Waals surface area contributed by atoms with E-state index in [1.54, 1.807) is 12.1 Å². The van der Waals surface area contributed by atoms with Gasteiger partial charge >= 0.3 is 0 Å². The summed E-state index contributed by atoms with van der Waals surface area (Å²) in [4.78, 5) is 4.64. The lowest BCUT2D eigenvalue weighted by Gasteiger charge is -2.11. The summed E-state index contributed by atoms with van der Waals surface area (Å²) in [6.07, 6.45) is 0. The Labute approximate surface area is 111 Å². The highest BCUT2D eigenvalue weighted by atomic mass is 35.7. The molecule has 6 heteroatoms. The summed E-state index contributed by atoms with van der Waals surface area (Å²) in [5.41, 5.74) is 0.787. The molecule has 0 amide bonds. The molecule has 1 heterocycles. The Balaban J connectivity index is 2.78. The molecule has 2 rings (SSSR count). The minimum atomic E-state index is -1.72. The maximum atomic E-state index is 11.4. The van der Waals surface area contributed by atoms with Gasteiger partial charge in [0.1, 0.15) is 10.4 Å². The van der Waals surface area contributed by atoms with E-state index in [0.29, 0.717) is 22.0 Å².